The number of benzene rings is 1. The summed E-state index contributed by atoms with van der Waals surface area (Å²) in [5, 5.41) is 17.6. The highest BCUT2D eigenvalue weighted by Crippen LogP contribution is 2.33. The summed E-state index contributed by atoms with van der Waals surface area (Å²) in [5.74, 6) is 0.277. The van der Waals surface area contributed by atoms with Crippen molar-refractivity contribution in [3.8, 4) is 0 Å². The minimum atomic E-state index is -4.49. The lowest BCUT2D eigenvalue weighted by molar-refractivity contribution is -0.137. The summed E-state index contributed by atoms with van der Waals surface area (Å²) in [4.78, 5) is 33.8. The van der Waals surface area contributed by atoms with Crippen LogP contribution >= 0.6 is 0 Å². The van der Waals surface area contributed by atoms with E-state index in [-0.39, 0.29) is 35.7 Å². The highest BCUT2D eigenvalue weighted by Gasteiger charge is 2.36. The van der Waals surface area contributed by atoms with Gasteiger partial charge in [0.05, 0.1) is 23.7 Å². The van der Waals surface area contributed by atoms with E-state index in [2.05, 4.69) is 30.8 Å². The van der Waals surface area contributed by atoms with Gasteiger partial charge in [-0.1, -0.05) is 6.92 Å². The monoisotopic (exact) mass is 508 g/mol. The number of halogens is 3. The molecule has 0 bridgehead atoms. The fourth-order valence-corrected chi connectivity index (χ4v) is 5.30. The molecule has 36 heavy (non-hydrogen) atoms. The molecule has 2 heterocycles. The summed E-state index contributed by atoms with van der Waals surface area (Å²) in [7, 11) is 0. The van der Waals surface area contributed by atoms with Gasteiger partial charge in [-0.25, -0.2) is 14.8 Å². The Morgan fingerprint density at radius 3 is 2.53 bits per heavy atom. The molecule has 9 nitrogen and oxygen atoms in total. The molecule has 1 aliphatic carbocycles. The Balaban J connectivity index is 1.22. The van der Waals surface area contributed by atoms with Crippen molar-refractivity contribution in [2.45, 2.75) is 63.3 Å². The van der Waals surface area contributed by atoms with Crippen LogP contribution in [-0.4, -0.2) is 69.7 Å². The van der Waals surface area contributed by atoms with Gasteiger partial charge in [-0.2, -0.15) is 13.2 Å². The molecule has 1 atom stereocenters. The molecule has 0 spiro atoms. The van der Waals surface area contributed by atoms with E-state index >= 15 is 0 Å². The van der Waals surface area contributed by atoms with E-state index in [4.69, 9.17) is 5.11 Å². The number of alkyl halides is 3. The number of hydrogen-bond donors (Lipinski definition) is 4. The molecule has 1 aromatic carbocycles. The average molecular weight is 509 g/mol. The van der Waals surface area contributed by atoms with Gasteiger partial charge in [-0.3, -0.25) is 9.69 Å². The van der Waals surface area contributed by atoms with E-state index in [1.165, 1.54) is 12.4 Å². The van der Waals surface area contributed by atoms with Gasteiger partial charge in [-0.15, -0.1) is 0 Å². The first kappa shape index (κ1) is 25.9. The van der Waals surface area contributed by atoms with Gasteiger partial charge >= 0.3 is 12.3 Å². The normalized spacial score (nSPS) is 22.0. The Kier molecular flexibility index (Phi) is 7.82. The molecule has 12 heteroatoms. The topological polar surface area (TPSA) is 119 Å². The number of fused-ring (bicyclic) bond motifs is 1. The molecule has 2 aromatic rings. The lowest BCUT2D eigenvalue weighted by atomic mass is 9.79. The van der Waals surface area contributed by atoms with Crippen molar-refractivity contribution >= 4 is 28.7 Å². The van der Waals surface area contributed by atoms with Crippen LogP contribution in [0.2, 0.25) is 0 Å². The number of amides is 2. The minimum Gasteiger partial charge on any atom is -0.465 e. The summed E-state index contributed by atoms with van der Waals surface area (Å²) in [6, 6.07) is 3.68. The van der Waals surface area contributed by atoms with Gasteiger partial charge in [-0.05, 0) is 56.2 Å². The van der Waals surface area contributed by atoms with E-state index in [1.807, 2.05) is 6.92 Å². The van der Waals surface area contributed by atoms with Crippen LogP contribution in [0.3, 0.4) is 0 Å². The molecule has 1 saturated heterocycles. The Hall–Kier alpha value is -3.15. The number of rotatable bonds is 8. The number of hydrogen-bond acceptors (Lipinski definition) is 6. The second-order valence-electron chi connectivity index (χ2n) is 9.56. The molecular formula is C24H31F3N6O3. The molecule has 196 valence electrons. The summed E-state index contributed by atoms with van der Waals surface area (Å²) in [5.41, 5.74) is -0.446. The summed E-state index contributed by atoms with van der Waals surface area (Å²) >= 11 is 0. The summed E-state index contributed by atoms with van der Waals surface area (Å²) < 4.78 is 39.2. The maximum Gasteiger partial charge on any atom is 0.416 e. The Morgan fingerprint density at radius 1 is 1.17 bits per heavy atom. The van der Waals surface area contributed by atoms with Gasteiger partial charge < -0.3 is 21.1 Å². The zero-order valence-electron chi connectivity index (χ0n) is 20.0. The molecule has 2 aliphatic rings. The first-order valence-electron chi connectivity index (χ1n) is 12.2. The SMILES string of the molecule is CC[C@H](NC(=O)O)C1CCC(N2CC(NC(=O)CNc3ncnc4ccc(C(F)(F)F)cc34)C2)CC1. The predicted molar refractivity (Wildman–Crippen MR) is 128 cm³/mol. The number of carbonyl (C=O) groups excluding carboxylic acids is 1. The van der Waals surface area contributed by atoms with Crippen LogP contribution < -0.4 is 16.0 Å². The molecule has 0 unspecified atom stereocenters. The second kappa shape index (κ2) is 10.9. The van der Waals surface area contributed by atoms with Crippen LogP contribution in [0, 0.1) is 5.92 Å². The van der Waals surface area contributed by atoms with E-state index in [0.29, 0.717) is 17.5 Å². The van der Waals surface area contributed by atoms with Crippen molar-refractivity contribution in [3.05, 3.63) is 30.1 Å². The lowest BCUT2D eigenvalue weighted by Crippen LogP contribution is -2.63. The van der Waals surface area contributed by atoms with Crippen molar-refractivity contribution in [2.75, 3.05) is 25.0 Å². The largest absolute Gasteiger partial charge is 0.465 e. The number of aromatic nitrogens is 2. The Morgan fingerprint density at radius 2 is 1.89 bits per heavy atom. The van der Waals surface area contributed by atoms with Crippen LogP contribution in [0.4, 0.5) is 23.8 Å². The predicted octanol–water partition coefficient (Wildman–Crippen LogP) is 3.47. The van der Waals surface area contributed by atoms with Crippen molar-refractivity contribution in [2.24, 2.45) is 5.92 Å². The van der Waals surface area contributed by atoms with E-state index in [0.717, 1.165) is 57.3 Å². The highest BCUT2D eigenvalue weighted by atomic mass is 19.4. The second-order valence-corrected chi connectivity index (χ2v) is 9.56. The van der Waals surface area contributed by atoms with Crippen molar-refractivity contribution < 1.29 is 27.9 Å². The molecule has 2 amide bonds. The van der Waals surface area contributed by atoms with Crippen LogP contribution in [0.5, 0.6) is 0 Å². The van der Waals surface area contributed by atoms with Gasteiger partial charge in [0.2, 0.25) is 5.91 Å². The average Bonchev–Trinajstić information content (AvgIpc) is 2.82. The van der Waals surface area contributed by atoms with Crippen LogP contribution in [0.1, 0.15) is 44.6 Å². The third-order valence-corrected chi connectivity index (χ3v) is 7.23. The molecule has 4 rings (SSSR count). The molecular weight excluding hydrogens is 477 g/mol. The number of carboxylic acid groups (broad SMARTS) is 1. The first-order chi connectivity index (χ1) is 17.1. The van der Waals surface area contributed by atoms with Crippen LogP contribution in [0.25, 0.3) is 10.9 Å². The van der Waals surface area contributed by atoms with Crippen molar-refractivity contribution in [1.82, 2.24) is 25.5 Å². The zero-order valence-corrected chi connectivity index (χ0v) is 20.0. The standard InChI is InChI=1S/C24H31F3N6O3/c1-2-19(32-23(35)36)14-3-6-17(7-4-14)33-11-16(12-33)31-21(34)10-28-22-18-9-15(24(25,26)27)5-8-20(18)29-13-30-22/h5,8-9,13-14,16-17,19,32H,2-4,6-7,10-12H2,1H3,(H,31,34)(H,35,36)(H,28,29,30)/t14?,17?,19-/m0/s1. The molecule has 1 aliphatic heterocycles. The minimum absolute atomic E-state index is 0.00793. The Labute approximate surface area is 206 Å². The molecule has 1 saturated carbocycles. The number of nitrogens with zero attached hydrogens (tertiary/aromatic N) is 3. The third-order valence-electron chi connectivity index (χ3n) is 7.23. The van der Waals surface area contributed by atoms with Gasteiger partial charge in [0.25, 0.3) is 0 Å². The van der Waals surface area contributed by atoms with E-state index < -0.39 is 17.8 Å². The first-order valence-corrected chi connectivity index (χ1v) is 12.2. The third kappa shape index (κ3) is 6.15. The van der Waals surface area contributed by atoms with Gasteiger partial charge in [0.15, 0.2) is 0 Å². The fraction of sp³-hybridized carbons (Fsp3) is 0.583. The summed E-state index contributed by atoms with van der Waals surface area (Å²) in [6.45, 7) is 3.38. The number of nitrogens with one attached hydrogen (secondary N) is 3. The smallest absolute Gasteiger partial charge is 0.416 e. The molecule has 0 radical (unpaired) electrons. The highest BCUT2D eigenvalue weighted by molar-refractivity contribution is 5.91. The number of carbonyl (C=O) groups is 2. The quantitative estimate of drug-likeness (QED) is 0.431. The van der Waals surface area contributed by atoms with E-state index in [1.54, 1.807) is 0 Å². The summed E-state index contributed by atoms with van der Waals surface area (Å²) in [6.07, 6.45) is 0.529. The van der Waals surface area contributed by atoms with Crippen molar-refractivity contribution in [1.29, 1.82) is 0 Å². The van der Waals surface area contributed by atoms with Crippen LogP contribution in [0.15, 0.2) is 24.5 Å². The molecule has 2 fully saturated rings. The van der Waals surface area contributed by atoms with E-state index in [9.17, 15) is 22.8 Å². The fourth-order valence-electron chi connectivity index (χ4n) is 5.30. The van der Waals surface area contributed by atoms with Gasteiger partial charge in [0, 0.05) is 30.6 Å². The lowest BCUT2D eigenvalue weighted by Gasteiger charge is -2.47. The molecule has 4 N–H and O–H groups in total. The number of likely N-dealkylation sites (tertiary alicyclic amines) is 1. The molecule has 1 aromatic heterocycles. The zero-order chi connectivity index (χ0) is 25.9. The van der Waals surface area contributed by atoms with Crippen LogP contribution in [-0.2, 0) is 11.0 Å². The number of anilines is 1. The Bertz CT molecular complexity index is 1080. The van der Waals surface area contributed by atoms with Crippen molar-refractivity contribution in [3.63, 3.8) is 0 Å². The maximum absolute atomic E-state index is 13.1. The maximum atomic E-state index is 13.1. The van der Waals surface area contributed by atoms with Gasteiger partial charge in [0.1, 0.15) is 12.1 Å².